The summed E-state index contributed by atoms with van der Waals surface area (Å²) in [5.41, 5.74) is 6.56. The van der Waals surface area contributed by atoms with E-state index < -0.39 is 0 Å². The highest BCUT2D eigenvalue weighted by Gasteiger charge is 2.00. The molecule has 5 heteroatoms. The molecule has 19 heavy (non-hydrogen) atoms. The second-order valence-electron chi connectivity index (χ2n) is 4.49. The summed E-state index contributed by atoms with van der Waals surface area (Å²) in [6.07, 6.45) is 3.95. The minimum atomic E-state index is 0.628. The van der Waals surface area contributed by atoms with Gasteiger partial charge < -0.3 is 15.4 Å². The maximum Gasteiger partial charge on any atom is 0.212 e. The number of aliphatic imine (C=N–C) groups is 1. The van der Waals surface area contributed by atoms with Crippen molar-refractivity contribution in [2.45, 2.75) is 26.3 Å². The molecule has 0 saturated carbocycles. The van der Waals surface area contributed by atoms with Crippen LogP contribution >= 0.6 is 0 Å². The number of ether oxygens (including phenoxy) is 1. The highest BCUT2D eigenvalue weighted by Crippen LogP contribution is 2.07. The summed E-state index contributed by atoms with van der Waals surface area (Å²) in [5, 5.41) is 0. The van der Waals surface area contributed by atoms with Crippen molar-refractivity contribution in [1.82, 2.24) is 9.88 Å². The van der Waals surface area contributed by atoms with E-state index in [9.17, 15) is 0 Å². The zero-order valence-electron chi connectivity index (χ0n) is 12.1. The van der Waals surface area contributed by atoms with Crippen LogP contribution in [0.5, 0.6) is 5.88 Å². The quantitative estimate of drug-likeness (QED) is 0.462. The number of rotatable bonds is 7. The standard InChI is InChI=1S/C14H24N4O/c1-12(18(2)9-5-4-8-15)16-10-13-6-7-14(19-3)17-11-13/h6-7,11H,4-5,8-10,15H2,1-3H3. The van der Waals surface area contributed by atoms with E-state index in [1.54, 1.807) is 13.3 Å². The first kappa shape index (κ1) is 15.4. The summed E-state index contributed by atoms with van der Waals surface area (Å²) in [5.74, 6) is 1.66. The van der Waals surface area contributed by atoms with Gasteiger partial charge in [0.25, 0.3) is 0 Å². The average molecular weight is 264 g/mol. The van der Waals surface area contributed by atoms with Gasteiger partial charge in [-0.2, -0.15) is 0 Å². The number of unbranched alkanes of at least 4 members (excludes halogenated alkanes) is 1. The van der Waals surface area contributed by atoms with Crippen molar-refractivity contribution < 1.29 is 4.74 Å². The Labute approximate surface area is 115 Å². The molecule has 0 atom stereocenters. The maximum atomic E-state index is 5.48. The molecule has 0 bridgehead atoms. The number of nitrogens with two attached hydrogens (primary N) is 1. The minimum absolute atomic E-state index is 0.628. The van der Waals surface area contributed by atoms with Crippen molar-refractivity contribution in [2.24, 2.45) is 10.7 Å². The lowest BCUT2D eigenvalue weighted by atomic mass is 10.3. The van der Waals surface area contributed by atoms with Crippen LogP contribution in [0.4, 0.5) is 0 Å². The summed E-state index contributed by atoms with van der Waals surface area (Å²) in [6.45, 7) is 4.42. The number of aromatic nitrogens is 1. The van der Waals surface area contributed by atoms with E-state index in [-0.39, 0.29) is 0 Å². The van der Waals surface area contributed by atoms with Crippen molar-refractivity contribution in [2.75, 3.05) is 27.2 Å². The first-order chi connectivity index (χ1) is 9.17. The molecule has 5 nitrogen and oxygen atoms in total. The molecule has 0 aromatic carbocycles. The Morgan fingerprint density at radius 3 is 2.79 bits per heavy atom. The van der Waals surface area contributed by atoms with E-state index in [0.29, 0.717) is 12.4 Å². The van der Waals surface area contributed by atoms with Gasteiger partial charge in [0.05, 0.1) is 19.5 Å². The molecule has 0 aliphatic rings. The van der Waals surface area contributed by atoms with E-state index in [1.807, 2.05) is 19.1 Å². The smallest absolute Gasteiger partial charge is 0.212 e. The molecular formula is C14H24N4O. The Hall–Kier alpha value is -1.62. The van der Waals surface area contributed by atoms with Gasteiger partial charge in [0.2, 0.25) is 5.88 Å². The molecule has 106 valence electrons. The third-order valence-electron chi connectivity index (χ3n) is 3.00. The molecule has 2 N–H and O–H groups in total. The van der Waals surface area contributed by atoms with Crippen LogP contribution < -0.4 is 10.5 Å². The van der Waals surface area contributed by atoms with Gasteiger partial charge in [0.1, 0.15) is 0 Å². The van der Waals surface area contributed by atoms with Crippen LogP contribution in [0.1, 0.15) is 25.3 Å². The monoisotopic (exact) mass is 264 g/mol. The fourth-order valence-electron chi connectivity index (χ4n) is 1.61. The highest BCUT2D eigenvalue weighted by molar-refractivity contribution is 5.79. The first-order valence-corrected chi connectivity index (χ1v) is 6.58. The van der Waals surface area contributed by atoms with Gasteiger partial charge >= 0.3 is 0 Å². The SMILES string of the molecule is COc1ccc(CN=C(C)N(C)CCCCN)cn1. The normalized spacial score (nSPS) is 11.5. The van der Waals surface area contributed by atoms with Gasteiger partial charge in [-0.15, -0.1) is 0 Å². The average Bonchev–Trinajstić information content (AvgIpc) is 2.45. The molecular weight excluding hydrogens is 240 g/mol. The van der Waals surface area contributed by atoms with E-state index in [4.69, 9.17) is 10.5 Å². The number of hydrogen-bond donors (Lipinski definition) is 1. The fraction of sp³-hybridized carbons (Fsp3) is 0.571. The molecule has 0 unspecified atom stereocenters. The summed E-state index contributed by atoms with van der Waals surface area (Å²) < 4.78 is 5.02. The fourth-order valence-corrected chi connectivity index (χ4v) is 1.61. The lowest BCUT2D eigenvalue weighted by Crippen LogP contribution is -2.25. The van der Waals surface area contributed by atoms with Crippen LogP contribution in [0.3, 0.4) is 0 Å². The molecule has 0 saturated heterocycles. The molecule has 0 radical (unpaired) electrons. The van der Waals surface area contributed by atoms with E-state index in [1.165, 1.54) is 0 Å². The Morgan fingerprint density at radius 1 is 1.42 bits per heavy atom. The predicted octanol–water partition coefficient (Wildman–Crippen LogP) is 1.68. The number of methoxy groups -OCH3 is 1. The molecule has 1 aromatic heterocycles. The Balaban J connectivity index is 2.44. The molecule has 0 amide bonds. The van der Waals surface area contributed by atoms with Crippen LogP contribution in [-0.2, 0) is 6.54 Å². The van der Waals surface area contributed by atoms with Crippen molar-refractivity contribution in [1.29, 1.82) is 0 Å². The van der Waals surface area contributed by atoms with Crippen molar-refractivity contribution >= 4 is 5.84 Å². The van der Waals surface area contributed by atoms with Crippen molar-refractivity contribution in [3.8, 4) is 5.88 Å². The Morgan fingerprint density at radius 2 is 2.21 bits per heavy atom. The van der Waals surface area contributed by atoms with Crippen LogP contribution in [0, 0.1) is 0 Å². The zero-order chi connectivity index (χ0) is 14.1. The minimum Gasteiger partial charge on any atom is -0.481 e. The van der Waals surface area contributed by atoms with Gasteiger partial charge in [-0.25, -0.2) is 4.98 Å². The van der Waals surface area contributed by atoms with Gasteiger partial charge in [-0.05, 0) is 31.9 Å². The van der Waals surface area contributed by atoms with E-state index in [0.717, 1.165) is 37.3 Å². The summed E-state index contributed by atoms with van der Waals surface area (Å²) in [6, 6.07) is 3.84. The van der Waals surface area contributed by atoms with Gasteiger partial charge in [-0.1, -0.05) is 6.07 Å². The molecule has 0 aliphatic carbocycles. The summed E-state index contributed by atoms with van der Waals surface area (Å²) >= 11 is 0. The lowest BCUT2D eigenvalue weighted by Gasteiger charge is -2.18. The molecule has 1 aromatic rings. The second-order valence-corrected chi connectivity index (χ2v) is 4.49. The highest BCUT2D eigenvalue weighted by atomic mass is 16.5. The Bertz CT molecular complexity index is 389. The third-order valence-corrected chi connectivity index (χ3v) is 3.00. The number of pyridine rings is 1. The van der Waals surface area contributed by atoms with Gasteiger partial charge in [0.15, 0.2) is 0 Å². The van der Waals surface area contributed by atoms with Crippen LogP contribution in [0.2, 0.25) is 0 Å². The predicted molar refractivity (Wildman–Crippen MR) is 78.5 cm³/mol. The molecule has 0 spiro atoms. The van der Waals surface area contributed by atoms with Crippen LogP contribution in [0.15, 0.2) is 23.3 Å². The largest absolute Gasteiger partial charge is 0.481 e. The number of amidine groups is 1. The third kappa shape index (κ3) is 5.70. The van der Waals surface area contributed by atoms with Crippen molar-refractivity contribution in [3.63, 3.8) is 0 Å². The second kappa shape index (κ2) is 8.48. The van der Waals surface area contributed by atoms with Gasteiger partial charge in [-0.3, -0.25) is 4.99 Å². The van der Waals surface area contributed by atoms with Gasteiger partial charge in [0, 0.05) is 25.9 Å². The van der Waals surface area contributed by atoms with Crippen LogP contribution in [0.25, 0.3) is 0 Å². The van der Waals surface area contributed by atoms with Crippen LogP contribution in [-0.4, -0.2) is 43.0 Å². The van der Waals surface area contributed by atoms with Crippen molar-refractivity contribution in [3.05, 3.63) is 23.9 Å². The molecule has 0 aliphatic heterocycles. The topological polar surface area (TPSA) is 63.7 Å². The number of hydrogen-bond acceptors (Lipinski definition) is 4. The Kier molecular flexibility index (Phi) is 6.89. The molecule has 1 rings (SSSR count). The molecule has 1 heterocycles. The van der Waals surface area contributed by atoms with E-state index >= 15 is 0 Å². The zero-order valence-corrected chi connectivity index (χ0v) is 12.1. The molecule has 0 fully saturated rings. The first-order valence-electron chi connectivity index (χ1n) is 6.58. The number of nitrogens with zero attached hydrogens (tertiary/aromatic N) is 3. The maximum absolute atomic E-state index is 5.48. The van der Waals surface area contributed by atoms with E-state index in [2.05, 4.69) is 21.9 Å². The summed E-state index contributed by atoms with van der Waals surface area (Å²) in [4.78, 5) is 10.9. The summed E-state index contributed by atoms with van der Waals surface area (Å²) in [7, 11) is 3.67. The lowest BCUT2D eigenvalue weighted by molar-refractivity contribution is 0.397.